The summed E-state index contributed by atoms with van der Waals surface area (Å²) in [7, 11) is 0. The lowest BCUT2D eigenvalue weighted by Crippen LogP contribution is -2.65. The number of benzene rings is 1. The summed E-state index contributed by atoms with van der Waals surface area (Å²) >= 11 is 0. The van der Waals surface area contributed by atoms with E-state index < -0.39 is 5.41 Å². The molecule has 6 aliphatic rings. The van der Waals surface area contributed by atoms with Crippen LogP contribution in [0.15, 0.2) is 29.8 Å². The highest BCUT2D eigenvalue weighted by atomic mass is 16.7. The number of tetrazole rings is 1. The van der Waals surface area contributed by atoms with Crippen molar-refractivity contribution in [3.63, 3.8) is 0 Å². The van der Waals surface area contributed by atoms with Gasteiger partial charge in [-0.1, -0.05) is 60.1 Å². The zero-order valence-corrected chi connectivity index (χ0v) is 31.3. The van der Waals surface area contributed by atoms with E-state index >= 15 is 0 Å². The van der Waals surface area contributed by atoms with E-state index in [4.69, 9.17) is 14.2 Å². The van der Waals surface area contributed by atoms with Crippen LogP contribution in [0.1, 0.15) is 113 Å². The number of nitrogens with zero attached hydrogens (tertiary/aromatic N) is 4. The van der Waals surface area contributed by atoms with Crippen molar-refractivity contribution in [1.82, 2.24) is 20.2 Å². The normalized spacial score (nSPS) is 41.2. The third kappa shape index (κ3) is 4.73. The smallest absolute Gasteiger partial charge is 0.312 e. The number of hydrogen-bond donors (Lipinski definition) is 1. The molecule has 50 heavy (non-hydrogen) atoms. The van der Waals surface area contributed by atoms with Crippen LogP contribution in [0, 0.1) is 56.7 Å². The third-order valence-electron chi connectivity index (χ3n) is 16.3. The summed E-state index contributed by atoms with van der Waals surface area (Å²) < 4.78 is 19.1. The zero-order chi connectivity index (χ0) is 35.3. The van der Waals surface area contributed by atoms with Crippen LogP contribution >= 0.6 is 0 Å². The molecule has 0 unspecified atom stereocenters. The van der Waals surface area contributed by atoms with E-state index in [1.807, 2.05) is 18.2 Å². The lowest BCUT2D eigenvalue weighted by atomic mass is 9.33. The lowest BCUT2D eigenvalue weighted by molar-refractivity contribution is -0.207. The average Bonchev–Trinajstić information content (AvgIpc) is 3.76. The molecule has 1 aromatic carbocycles. The molecule has 0 saturated heterocycles. The summed E-state index contributed by atoms with van der Waals surface area (Å²) in [6.07, 6.45) is 12.4. The number of carbonyl (C=O) groups excluding carboxylic acids is 1. The van der Waals surface area contributed by atoms with Crippen LogP contribution in [-0.4, -0.2) is 50.8 Å². The quantitative estimate of drug-likeness (QED) is 0.185. The standard InChI is InChI=1S/C41H58N4O5/c1-25-13-18-41(36(47)48-22-8-21-45-35(42-43-44-45)27-9-11-29-30(23-27)50-24-49-29)20-19-39(6)28(34(41)26(25)2)10-12-32-38(5)16-15-33(46)37(3,4)31(38)14-17-40(32,39)7/h9-11,23,25-26,31-34,46H,8,12-22,24H2,1-7H3/t25-,26+,31+,32-,33+,34+,38+,39-,40-,41+/m1/s1. The molecule has 5 aliphatic carbocycles. The van der Waals surface area contributed by atoms with Crippen molar-refractivity contribution in [2.24, 2.45) is 56.7 Å². The summed E-state index contributed by atoms with van der Waals surface area (Å²) in [5, 5.41) is 23.5. The highest BCUT2D eigenvalue weighted by molar-refractivity contribution is 5.79. The van der Waals surface area contributed by atoms with Gasteiger partial charge in [0.2, 0.25) is 6.79 Å². The number of hydrogen-bond acceptors (Lipinski definition) is 8. The number of rotatable bonds is 6. The molecular formula is C41H58N4O5. The summed E-state index contributed by atoms with van der Waals surface area (Å²) in [4.78, 5) is 14.5. The van der Waals surface area contributed by atoms with E-state index in [0.717, 1.165) is 56.3 Å². The molecule has 1 aliphatic heterocycles. The monoisotopic (exact) mass is 686 g/mol. The van der Waals surface area contributed by atoms with Gasteiger partial charge in [-0.05, 0) is 138 Å². The van der Waals surface area contributed by atoms with Crippen molar-refractivity contribution in [3.8, 4) is 22.9 Å². The maximum Gasteiger partial charge on any atom is 0.312 e. The first kappa shape index (κ1) is 34.2. The Morgan fingerprint density at radius 3 is 2.60 bits per heavy atom. The van der Waals surface area contributed by atoms with Gasteiger partial charge in [0, 0.05) is 18.5 Å². The molecule has 0 spiro atoms. The fraction of sp³-hybridized carbons (Fsp3) is 0.756. The van der Waals surface area contributed by atoms with Gasteiger partial charge < -0.3 is 19.3 Å². The van der Waals surface area contributed by atoms with E-state index in [1.54, 1.807) is 10.3 Å². The van der Waals surface area contributed by atoms with Crippen molar-refractivity contribution in [3.05, 3.63) is 29.8 Å². The summed E-state index contributed by atoms with van der Waals surface area (Å²) in [6.45, 7) is 18.3. The molecular weight excluding hydrogens is 628 g/mol. The van der Waals surface area contributed by atoms with Crippen molar-refractivity contribution >= 4 is 5.97 Å². The van der Waals surface area contributed by atoms with E-state index in [1.165, 1.54) is 12.8 Å². The predicted molar refractivity (Wildman–Crippen MR) is 190 cm³/mol. The van der Waals surface area contributed by atoms with Crippen LogP contribution in [0.3, 0.4) is 0 Å². The fourth-order valence-electron chi connectivity index (χ4n) is 13.0. The first-order valence-corrected chi connectivity index (χ1v) is 19.5. The fourth-order valence-corrected chi connectivity index (χ4v) is 13.0. The minimum atomic E-state index is -0.467. The first-order chi connectivity index (χ1) is 23.8. The van der Waals surface area contributed by atoms with Crippen LogP contribution in [-0.2, 0) is 16.1 Å². The molecule has 1 aromatic heterocycles. The van der Waals surface area contributed by atoms with Crippen molar-refractivity contribution in [1.29, 1.82) is 0 Å². The Morgan fingerprint density at radius 2 is 1.78 bits per heavy atom. The molecule has 272 valence electrons. The highest BCUT2D eigenvalue weighted by Gasteiger charge is 2.69. The third-order valence-corrected chi connectivity index (χ3v) is 16.3. The molecule has 2 aromatic rings. The second kappa shape index (κ2) is 11.8. The molecule has 10 atom stereocenters. The highest BCUT2D eigenvalue weighted by Crippen LogP contribution is 2.75. The van der Waals surface area contributed by atoms with Crippen LogP contribution in [0.5, 0.6) is 11.5 Å². The van der Waals surface area contributed by atoms with Gasteiger partial charge in [0.05, 0.1) is 18.1 Å². The SMILES string of the molecule is C[C@H]1[C@H](C)CC[C@]2(C(=O)OCCCn3nnnc3-c3ccc4c(c3)OCO4)CC[C@]3(C)C(=CC[C@@H]4[C@@]5(C)CC[C@H](O)C(C)(C)[C@@H]5CC[C@]43C)[C@H]12. The molecule has 1 N–H and O–H groups in total. The maximum atomic E-state index is 14.5. The second-order valence-corrected chi connectivity index (χ2v) is 18.5. The number of esters is 1. The minimum Gasteiger partial charge on any atom is -0.465 e. The Morgan fingerprint density at radius 1 is 0.980 bits per heavy atom. The number of fused-ring (bicyclic) bond motifs is 8. The summed E-state index contributed by atoms with van der Waals surface area (Å²) in [5.74, 6) is 4.38. The van der Waals surface area contributed by atoms with Gasteiger partial charge in [-0.2, -0.15) is 0 Å². The van der Waals surface area contributed by atoms with Crippen molar-refractivity contribution in [2.45, 2.75) is 125 Å². The van der Waals surface area contributed by atoms with E-state index in [0.29, 0.717) is 54.8 Å². The molecule has 8 rings (SSSR count). The average molecular weight is 687 g/mol. The molecule has 4 saturated carbocycles. The lowest BCUT2D eigenvalue weighted by Gasteiger charge is -2.71. The van der Waals surface area contributed by atoms with E-state index in [2.05, 4.69) is 70.1 Å². The van der Waals surface area contributed by atoms with Gasteiger partial charge >= 0.3 is 5.97 Å². The van der Waals surface area contributed by atoms with Gasteiger partial charge in [-0.25, -0.2) is 4.68 Å². The largest absolute Gasteiger partial charge is 0.465 e. The van der Waals surface area contributed by atoms with Gasteiger partial charge in [-0.3, -0.25) is 4.79 Å². The van der Waals surface area contributed by atoms with Gasteiger partial charge in [0.15, 0.2) is 17.3 Å². The van der Waals surface area contributed by atoms with Crippen LogP contribution in [0.25, 0.3) is 11.4 Å². The van der Waals surface area contributed by atoms with Crippen molar-refractivity contribution in [2.75, 3.05) is 13.4 Å². The van der Waals surface area contributed by atoms with Crippen LogP contribution in [0.4, 0.5) is 0 Å². The Bertz CT molecular complexity index is 1690. The number of aromatic nitrogens is 4. The predicted octanol–water partition coefficient (Wildman–Crippen LogP) is 8.02. The number of ether oxygens (including phenoxy) is 3. The molecule has 2 heterocycles. The zero-order valence-electron chi connectivity index (χ0n) is 31.3. The molecule has 4 fully saturated rings. The Labute approximate surface area is 297 Å². The van der Waals surface area contributed by atoms with Crippen LogP contribution < -0.4 is 9.47 Å². The number of carbonyl (C=O) groups is 1. The van der Waals surface area contributed by atoms with Gasteiger partial charge in [0.25, 0.3) is 0 Å². The van der Waals surface area contributed by atoms with Crippen molar-refractivity contribution < 1.29 is 24.1 Å². The summed E-state index contributed by atoms with van der Waals surface area (Å²) in [6, 6.07) is 5.72. The number of allylic oxidation sites excluding steroid dienone is 2. The van der Waals surface area contributed by atoms with E-state index in [-0.39, 0.29) is 46.4 Å². The van der Waals surface area contributed by atoms with Gasteiger partial charge in [-0.15, -0.1) is 5.10 Å². The van der Waals surface area contributed by atoms with E-state index in [9.17, 15) is 9.90 Å². The molecule has 9 heteroatoms. The maximum absolute atomic E-state index is 14.5. The molecule has 9 nitrogen and oxygen atoms in total. The number of aryl methyl sites for hydroxylation is 1. The summed E-state index contributed by atoms with van der Waals surface area (Å²) in [5.41, 5.74) is 2.33. The number of aliphatic hydroxyl groups excluding tert-OH is 1. The Balaban J connectivity index is 1.01. The molecule has 0 amide bonds. The second-order valence-electron chi connectivity index (χ2n) is 18.5. The first-order valence-electron chi connectivity index (χ1n) is 19.5. The Kier molecular flexibility index (Phi) is 8.06. The van der Waals surface area contributed by atoms with Crippen LogP contribution in [0.2, 0.25) is 0 Å². The molecule has 0 bridgehead atoms. The number of aliphatic hydroxyl groups is 1. The topological polar surface area (TPSA) is 109 Å². The minimum absolute atomic E-state index is 0.00266. The molecule has 0 radical (unpaired) electrons. The Hall–Kier alpha value is -2.94. The van der Waals surface area contributed by atoms with Gasteiger partial charge in [0.1, 0.15) is 0 Å².